The Hall–Kier alpha value is -3.42. The van der Waals surface area contributed by atoms with Crippen molar-refractivity contribution in [2.24, 2.45) is 0 Å². The van der Waals surface area contributed by atoms with E-state index in [9.17, 15) is 19.5 Å². The Labute approximate surface area is 187 Å². The first-order chi connectivity index (χ1) is 15.4. The number of anilines is 1. The highest BCUT2D eigenvalue weighted by Gasteiger charge is 2.24. The lowest BCUT2D eigenvalue weighted by molar-refractivity contribution is -0.150. The second-order valence-corrected chi connectivity index (χ2v) is 8.09. The molecule has 1 aliphatic carbocycles. The van der Waals surface area contributed by atoms with E-state index in [1.165, 1.54) is 56.9 Å². The van der Waals surface area contributed by atoms with Crippen molar-refractivity contribution < 1.29 is 24.2 Å². The van der Waals surface area contributed by atoms with Gasteiger partial charge in [0.1, 0.15) is 12.1 Å². The van der Waals surface area contributed by atoms with Crippen LogP contribution in [0.1, 0.15) is 79.6 Å². The minimum absolute atomic E-state index is 0.0423. The molecular formula is C24H29N3O5. The predicted octanol–water partition coefficient (Wildman–Crippen LogP) is 3.83. The number of hydrogen-bond acceptors (Lipinski definition) is 6. The van der Waals surface area contributed by atoms with Crippen LogP contribution in [0.3, 0.4) is 0 Å². The van der Waals surface area contributed by atoms with Gasteiger partial charge in [-0.1, -0.05) is 43.5 Å². The third kappa shape index (κ3) is 5.63. The highest BCUT2D eigenvalue weighted by atomic mass is 16.5. The summed E-state index contributed by atoms with van der Waals surface area (Å²) < 4.78 is 5.52. The number of ether oxygens (including phenoxy) is 1. The Morgan fingerprint density at radius 2 is 1.81 bits per heavy atom. The third-order valence-corrected chi connectivity index (χ3v) is 5.83. The van der Waals surface area contributed by atoms with E-state index in [-0.39, 0.29) is 11.4 Å². The number of carbonyl (C=O) groups excluding carboxylic acids is 3. The molecule has 1 saturated carbocycles. The van der Waals surface area contributed by atoms with Gasteiger partial charge in [-0.25, -0.2) is 9.78 Å². The highest BCUT2D eigenvalue weighted by Crippen LogP contribution is 2.33. The fraction of sp³-hybridized carbons (Fsp3) is 0.417. The number of pyridine rings is 1. The van der Waals surface area contributed by atoms with Gasteiger partial charge in [0, 0.05) is 6.20 Å². The Morgan fingerprint density at radius 1 is 1.12 bits per heavy atom. The van der Waals surface area contributed by atoms with Crippen LogP contribution in [0, 0.1) is 0 Å². The first-order valence-electron chi connectivity index (χ1n) is 10.9. The average Bonchev–Trinajstić information content (AvgIpc) is 2.81. The lowest BCUT2D eigenvalue weighted by Crippen LogP contribution is -2.40. The second kappa shape index (κ2) is 10.7. The summed E-state index contributed by atoms with van der Waals surface area (Å²) in [5.41, 5.74) is 1.94. The molecule has 2 atom stereocenters. The first-order valence-corrected chi connectivity index (χ1v) is 10.9. The van der Waals surface area contributed by atoms with Crippen LogP contribution in [-0.2, 0) is 14.3 Å². The molecule has 8 nitrogen and oxygen atoms in total. The number of amides is 2. The van der Waals surface area contributed by atoms with Crippen molar-refractivity contribution in [1.82, 2.24) is 10.3 Å². The zero-order chi connectivity index (χ0) is 23.1. The predicted molar refractivity (Wildman–Crippen MR) is 119 cm³/mol. The molecule has 0 saturated heterocycles. The smallest absolute Gasteiger partial charge is 0.328 e. The van der Waals surface area contributed by atoms with Crippen LogP contribution in [0.25, 0.3) is 0 Å². The molecule has 0 radical (unpaired) electrons. The fourth-order valence-electron chi connectivity index (χ4n) is 3.94. The van der Waals surface area contributed by atoms with Crippen molar-refractivity contribution in [2.45, 2.75) is 64.0 Å². The molecule has 3 rings (SSSR count). The van der Waals surface area contributed by atoms with E-state index in [2.05, 4.69) is 27.8 Å². The molecule has 3 N–H and O–H groups in total. The van der Waals surface area contributed by atoms with Gasteiger partial charge in [-0.05, 0) is 49.8 Å². The summed E-state index contributed by atoms with van der Waals surface area (Å²) in [6.07, 6.45) is 7.47. The number of aromatic hydroxyl groups is 1. The summed E-state index contributed by atoms with van der Waals surface area (Å²) in [6, 6.07) is 8.57. The fourth-order valence-corrected chi connectivity index (χ4v) is 3.94. The number of carbonyl (C=O) groups is 3. The summed E-state index contributed by atoms with van der Waals surface area (Å²) in [5, 5.41) is 14.8. The number of benzene rings is 1. The zero-order valence-electron chi connectivity index (χ0n) is 18.3. The Kier molecular flexibility index (Phi) is 7.81. The monoisotopic (exact) mass is 439 g/mol. The number of hydrogen-bond donors (Lipinski definition) is 3. The Balaban J connectivity index is 1.57. The number of rotatable bonds is 8. The van der Waals surface area contributed by atoms with Crippen molar-refractivity contribution in [3.8, 4) is 5.75 Å². The third-order valence-electron chi connectivity index (χ3n) is 5.83. The quantitative estimate of drug-likeness (QED) is 0.425. The molecule has 0 bridgehead atoms. The van der Waals surface area contributed by atoms with Crippen LogP contribution in [0.5, 0.6) is 5.75 Å². The first kappa shape index (κ1) is 23.2. The molecule has 8 heteroatoms. The standard InChI is InChI=1S/C24H29N3O5/c1-15(27-23(30)21-22(29)20(26-14-28)12-13-25-21)24(31)32-16(2)17-8-10-19(11-9-17)18-6-4-3-5-7-18/h8-16,18,29H,3-7H2,1-2H3,(H,27,30)(H,25,26,28)/t15-,16?/m0/s1. The van der Waals surface area contributed by atoms with Gasteiger partial charge in [0.25, 0.3) is 5.91 Å². The van der Waals surface area contributed by atoms with E-state index in [1.54, 1.807) is 6.92 Å². The zero-order valence-corrected chi connectivity index (χ0v) is 18.3. The highest BCUT2D eigenvalue weighted by molar-refractivity contribution is 5.99. The van der Waals surface area contributed by atoms with Crippen molar-refractivity contribution in [1.29, 1.82) is 0 Å². The van der Waals surface area contributed by atoms with Gasteiger partial charge in [0.05, 0.1) is 5.69 Å². The minimum Gasteiger partial charge on any atom is -0.504 e. The van der Waals surface area contributed by atoms with Crippen LogP contribution in [-0.4, -0.2) is 34.4 Å². The molecule has 0 spiro atoms. The van der Waals surface area contributed by atoms with E-state index >= 15 is 0 Å². The summed E-state index contributed by atoms with van der Waals surface area (Å²) >= 11 is 0. The maximum absolute atomic E-state index is 12.5. The second-order valence-electron chi connectivity index (χ2n) is 8.09. The van der Waals surface area contributed by atoms with Crippen LogP contribution in [0.2, 0.25) is 0 Å². The van der Waals surface area contributed by atoms with Gasteiger partial charge in [0.15, 0.2) is 11.4 Å². The van der Waals surface area contributed by atoms with E-state index in [0.717, 1.165) is 5.56 Å². The van der Waals surface area contributed by atoms with Gasteiger partial charge in [-0.2, -0.15) is 0 Å². The van der Waals surface area contributed by atoms with E-state index in [0.29, 0.717) is 12.3 Å². The minimum atomic E-state index is -0.963. The maximum atomic E-state index is 12.5. The molecule has 1 aromatic carbocycles. The van der Waals surface area contributed by atoms with Crippen molar-refractivity contribution in [3.63, 3.8) is 0 Å². The van der Waals surface area contributed by atoms with Gasteiger partial charge >= 0.3 is 5.97 Å². The largest absolute Gasteiger partial charge is 0.504 e. The van der Waals surface area contributed by atoms with Gasteiger partial charge < -0.3 is 20.5 Å². The van der Waals surface area contributed by atoms with Gasteiger partial charge in [-0.3, -0.25) is 9.59 Å². The molecule has 2 amide bonds. The summed E-state index contributed by atoms with van der Waals surface area (Å²) in [6.45, 7) is 3.27. The molecule has 0 aliphatic heterocycles. The molecule has 1 fully saturated rings. The molecule has 1 unspecified atom stereocenters. The van der Waals surface area contributed by atoms with Crippen LogP contribution < -0.4 is 10.6 Å². The van der Waals surface area contributed by atoms with Gasteiger partial charge in [0.2, 0.25) is 6.41 Å². The molecule has 170 valence electrons. The van der Waals surface area contributed by atoms with Gasteiger partial charge in [-0.15, -0.1) is 0 Å². The Bertz CT molecular complexity index is 955. The average molecular weight is 440 g/mol. The lowest BCUT2D eigenvalue weighted by Gasteiger charge is -2.23. The normalized spacial score (nSPS) is 15.9. The molecule has 1 aromatic heterocycles. The maximum Gasteiger partial charge on any atom is 0.328 e. The lowest BCUT2D eigenvalue weighted by atomic mass is 9.84. The SMILES string of the molecule is CC(OC(=O)[C@H](C)NC(=O)c1nccc(NC=O)c1O)c1ccc(C2CCCCC2)cc1. The van der Waals surface area contributed by atoms with Crippen molar-refractivity contribution >= 4 is 24.0 Å². The number of aromatic nitrogens is 1. The molecule has 1 heterocycles. The number of esters is 1. The van der Waals surface area contributed by atoms with Crippen LogP contribution in [0.15, 0.2) is 36.5 Å². The summed E-state index contributed by atoms with van der Waals surface area (Å²) in [7, 11) is 0. The van der Waals surface area contributed by atoms with Crippen LogP contribution >= 0.6 is 0 Å². The molecule has 32 heavy (non-hydrogen) atoms. The number of nitrogens with zero attached hydrogens (tertiary/aromatic N) is 1. The molecular weight excluding hydrogens is 410 g/mol. The van der Waals surface area contributed by atoms with Crippen molar-refractivity contribution in [3.05, 3.63) is 53.3 Å². The summed E-state index contributed by atoms with van der Waals surface area (Å²) in [5.74, 6) is -1.24. The summed E-state index contributed by atoms with van der Waals surface area (Å²) in [4.78, 5) is 39.3. The molecule has 2 aromatic rings. The van der Waals surface area contributed by atoms with Crippen molar-refractivity contribution in [2.75, 3.05) is 5.32 Å². The van der Waals surface area contributed by atoms with Crippen LogP contribution in [0.4, 0.5) is 5.69 Å². The topological polar surface area (TPSA) is 118 Å². The van der Waals surface area contributed by atoms with E-state index in [4.69, 9.17) is 4.74 Å². The van der Waals surface area contributed by atoms with E-state index in [1.807, 2.05) is 12.1 Å². The van der Waals surface area contributed by atoms with E-state index < -0.39 is 29.8 Å². The molecule has 1 aliphatic rings. The Morgan fingerprint density at radius 3 is 2.47 bits per heavy atom. The number of nitrogens with one attached hydrogen (secondary N) is 2.